The number of benzene rings is 3. The fourth-order valence-electron chi connectivity index (χ4n) is 3.10. The molecule has 0 saturated carbocycles. The fourth-order valence-corrected chi connectivity index (χ4v) is 4.17. The number of hydrazine groups is 1. The fraction of sp³-hybridized carbons (Fsp3) is 0.0417. The molecule has 33 heavy (non-hydrogen) atoms. The second kappa shape index (κ2) is 9.60. The molecule has 0 aliphatic rings. The molecule has 0 aliphatic heterocycles. The van der Waals surface area contributed by atoms with Gasteiger partial charge < -0.3 is 0 Å². The van der Waals surface area contributed by atoms with Crippen molar-refractivity contribution in [2.24, 2.45) is 0 Å². The summed E-state index contributed by atoms with van der Waals surface area (Å²) < 4.78 is 27.7. The Hall–Kier alpha value is -4.08. The quantitative estimate of drug-likeness (QED) is 0.383. The van der Waals surface area contributed by atoms with Gasteiger partial charge in [0.15, 0.2) is 0 Å². The molecule has 0 spiro atoms. The van der Waals surface area contributed by atoms with Crippen molar-refractivity contribution in [3.63, 3.8) is 0 Å². The highest BCUT2D eigenvalue weighted by Crippen LogP contribution is 2.13. The van der Waals surface area contributed by atoms with Crippen LogP contribution in [0.15, 0.2) is 95.9 Å². The third kappa shape index (κ3) is 5.40. The first-order valence-corrected chi connectivity index (χ1v) is 11.5. The Morgan fingerprint density at radius 1 is 0.758 bits per heavy atom. The monoisotopic (exact) mass is 460 g/mol. The predicted octanol–water partition coefficient (Wildman–Crippen LogP) is 2.79. The number of carbonyl (C=O) groups is 2. The van der Waals surface area contributed by atoms with Gasteiger partial charge in [0, 0.05) is 17.5 Å². The van der Waals surface area contributed by atoms with Gasteiger partial charge in [0.25, 0.3) is 11.8 Å². The van der Waals surface area contributed by atoms with Gasteiger partial charge in [0.1, 0.15) is 5.69 Å². The van der Waals surface area contributed by atoms with Gasteiger partial charge >= 0.3 is 0 Å². The van der Waals surface area contributed by atoms with E-state index in [1.807, 2.05) is 36.4 Å². The summed E-state index contributed by atoms with van der Waals surface area (Å²) in [6.45, 7) is 0.119. The average Bonchev–Trinajstić information content (AvgIpc) is 2.86. The Kier molecular flexibility index (Phi) is 6.43. The predicted molar refractivity (Wildman–Crippen MR) is 124 cm³/mol. The third-order valence-corrected chi connectivity index (χ3v) is 6.24. The molecule has 0 atom stereocenters. The summed E-state index contributed by atoms with van der Waals surface area (Å²) >= 11 is 0. The summed E-state index contributed by atoms with van der Waals surface area (Å²) in [5.41, 5.74) is 6.25. The van der Waals surface area contributed by atoms with Crippen LogP contribution < -0.4 is 15.6 Å². The maximum atomic E-state index is 12.6. The van der Waals surface area contributed by atoms with E-state index >= 15 is 0 Å². The number of aromatic nitrogens is 1. The normalized spacial score (nSPS) is 11.2. The highest BCUT2D eigenvalue weighted by atomic mass is 32.2. The first-order chi connectivity index (χ1) is 15.9. The molecule has 2 amide bonds. The molecule has 4 rings (SSSR count). The standard InChI is InChI=1S/C24H20N4O4S/c29-23(27-28-24(30)22-14-13-18-9-4-5-12-21(18)26-22)19-10-6-11-20(15-19)33(31,32)25-16-17-7-2-1-3-8-17/h1-15,25H,16H2,(H,27,29)(H,28,30). The van der Waals surface area contributed by atoms with Gasteiger partial charge in [-0.2, -0.15) is 0 Å². The third-order valence-electron chi connectivity index (χ3n) is 4.84. The van der Waals surface area contributed by atoms with E-state index in [0.29, 0.717) is 5.52 Å². The van der Waals surface area contributed by atoms with Crippen molar-refractivity contribution in [3.05, 3.63) is 108 Å². The lowest BCUT2D eigenvalue weighted by Gasteiger charge is -2.10. The zero-order valence-corrected chi connectivity index (χ0v) is 18.2. The molecule has 0 unspecified atom stereocenters. The summed E-state index contributed by atoms with van der Waals surface area (Å²) in [5, 5.41) is 0.886. The number of nitrogens with one attached hydrogen (secondary N) is 3. The molecule has 3 N–H and O–H groups in total. The van der Waals surface area contributed by atoms with E-state index in [0.717, 1.165) is 10.9 Å². The van der Waals surface area contributed by atoms with Crippen LogP contribution in [-0.2, 0) is 16.6 Å². The summed E-state index contributed by atoms with van der Waals surface area (Å²) in [7, 11) is -3.84. The van der Waals surface area contributed by atoms with Crippen molar-refractivity contribution in [1.29, 1.82) is 0 Å². The van der Waals surface area contributed by atoms with E-state index in [9.17, 15) is 18.0 Å². The van der Waals surface area contributed by atoms with Gasteiger partial charge in [-0.3, -0.25) is 20.4 Å². The molecule has 0 fully saturated rings. The Labute approximate surface area is 190 Å². The highest BCUT2D eigenvalue weighted by Gasteiger charge is 2.17. The zero-order chi connectivity index (χ0) is 23.3. The number of sulfonamides is 1. The van der Waals surface area contributed by atoms with E-state index in [4.69, 9.17) is 0 Å². The van der Waals surface area contributed by atoms with E-state index in [1.54, 1.807) is 30.3 Å². The molecular formula is C24H20N4O4S. The van der Waals surface area contributed by atoms with E-state index < -0.39 is 21.8 Å². The number of hydrogen-bond donors (Lipinski definition) is 3. The second-order valence-corrected chi connectivity index (χ2v) is 8.90. The number of hydrogen-bond acceptors (Lipinski definition) is 5. The lowest BCUT2D eigenvalue weighted by molar-refractivity contribution is 0.0844. The van der Waals surface area contributed by atoms with Crippen LogP contribution >= 0.6 is 0 Å². The smallest absolute Gasteiger partial charge is 0.267 e. The van der Waals surface area contributed by atoms with Crippen molar-refractivity contribution in [3.8, 4) is 0 Å². The van der Waals surface area contributed by atoms with Crippen molar-refractivity contribution in [2.75, 3.05) is 0 Å². The van der Waals surface area contributed by atoms with Crippen molar-refractivity contribution in [2.45, 2.75) is 11.4 Å². The SMILES string of the molecule is O=C(NNC(=O)c1ccc2ccccc2n1)c1cccc(S(=O)(=O)NCc2ccccc2)c1. The van der Waals surface area contributed by atoms with Gasteiger partial charge in [-0.25, -0.2) is 18.1 Å². The van der Waals surface area contributed by atoms with Crippen molar-refractivity contribution >= 4 is 32.7 Å². The molecule has 4 aromatic rings. The summed E-state index contributed by atoms with van der Waals surface area (Å²) in [6, 6.07) is 25.3. The lowest BCUT2D eigenvalue weighted by atomic mass is 10.2. The Morgan fingerprint density at radius 2 is 1.48 bits per heavy atom. The number of amides is 2. The number of pyridine rings is 1. The number of carbonyl (C=O) groups excluding carboxylic acids is 2. The molecule has 1 aromatic heterocycles. The number of para-hydroxylation sites is 1. The molecular weight excluding hydrogens is 440 g/mol. The van der Waals surface area contributed by atoms with Crippen LogP contribution in [0.4, 0.5) is 0 Å². The largest absolute Gasteiger partial charge is 0.288 e. The van der Waals surface area contributed by atoms with Gasteiger partial charge in [-0.15, -0.1) is 0 Å². The van der Waals surface area contributed by atoms with Gasteiger partial charge in [0.05, 0.1) is 10.4 Å². The van der Waals surface area contributed by atoms with Crippen molar-refractivity contribution < 1.29 is 18.0 Å². The Morgan fingerprint density at radius 3 is 2.30 bits per heavy atom. The van der Waals surface area contributed by atoms with Crippen LogP contribution in [0.5, 0.6) is 0 Å². The number of fused-ring (bicyclic) bond motifs is 1. The van der Waals surface area contributed by atoms with Crippen LogP contribution in [0.3, 0.4) is 0 Å². The van der Waals surface area contributed by atoms with Crippen LogP contribution in [-0.4, -0.2) is 25.2 Å². The lowest BCUT2D eigenvalue weighted by Crippen LogP contribution is -2.42. The van der Waals surface area contributed by atoms with Crippen LogP contribution in [0.2, 0.25) is 0 Å². The Bertz CT molecular complexity index is 1420. The first-order valence-electron chi connectivity index (χ1n) is 10.0. The molecule has 8 nitrogen and oxygen atoms in total. The summed E-state index contributed by atoms with van der Waals surface area (Å²) in [4.78, 5) is 29.1. The number of rotatable bonds is 6. The molecule has 0 saturated heterocycles. The second-order valence-electron chi connectivity index (χ2n) is 7.14. The minimum Gasteiger partial charge on any atom is -0.267 e. The van der Waals surface area contributed by atoms with E-state index in [2.05, 4.69) is 20.6 Å². The van der Waals surface area contributed by atoms with Crippen LogP contribution in [0, 0.1) is 0 Å². The molecule has 0 bridgehead atoms. The molecule has 166 valence electrons. The van der Waals surface area contributed by atoms with Crippen LogP contribution in [0.25, 0.3) is 10.9 Å². The molecule has 3 aromatic carbocycles. The minimum atomic E-state index is -3.84. The summed E-state index contributed by atoms with van der Waals surface area (Å²) in [6.07, 6.45) is 0. The maximum absolute atomic E-state index is 12.6. The van der Waals surface area contributed by atoms with Crippen molar-refractivity contribution in [1.82, 2.24) is 20.6 Å². The van der Waals surface area contributed by atoms with Crippen LogP contribution in [0.1, 0.15) is 26.4 Å². The minimum absolute atomic E-state index is 0.0615. The highest BCUT2D eigenvalue weighted by molar-refractivity contribution is 7.89. The molecule has 0 radical (unpaired) electrons. The van der Waals surface area contributed by atoms with Gasteiger partial charge in [0.2, 0.25) is 10.0 Å². The topological polar surface area (TPSA) is 117 Å². The summed E-state index contributed by atoms with van der Waals surface area (Å²) in [5.74, 6) is -1.26. The first kappa shape index (κ1) is 22.1. The molecule has 0 aliphatic carbocycles. The maximum Gasteiger partial charge on any atom is 0.288 e. The van der Waals surface area contributed by atoms with E-state index in [-0.39, 0.29) is 22.7 Å². The number of nitrogens with zero attached hydrogens (tertiary/aromatic N) is 1. The van der Waals surface area contributed by atoms with Gasteiger partial charge in [-0.05, 0) is 35.9 Å². The van der Waals surface area contributed by atoms with Gasteiger partial charge in [-0.1, -0.05) is 60.7 Å². The average molecular weight is 461 g/mol. The Balaban J connectivity index is 1.41. The van der Waals surface area contributed by atoms with E-state index in [1.165, 1.54) is 24.3 Å². The molecule has 9 heteroatoms. The molecule has 1 heterocycles. The zero-order valence-electron chi connectivity index (χ0n) is 17.4.